The number of nitrogens with zero attached hydrogens (tertiary/aromatic N) is 1. The molecule has 1 aromatic carbocycles. The minimum Gasteiger partial charge on any atom is -0.465 e. The highest BCUT2D eigenvalue weighted by Crippen LogP contribution is 2.29. The Hall–Kier alpha value is -1.55. The molecule has 104 valence electrons. The number of carbonyl (C=O) groups excluding carboxylic acids is 1. The maximum Gasteiger partial charge on any atom is 0.339 e. The molecule has 1 saturated carbocycles. The molecule has 19 heavy (non-hydrogen) atoms. The van der Waals surface area contributed by atoms with Crippen LogP contribution in [0.1, 0.15) is 36.0 Å². The van der Waals surface area contributed by atoms with Crippen molar-refractivity contribution in [2.75, 3.05) is 19.1 Å². The topological polar surface area (TPSA) is 49.8 Å². The number of esters is 1. The van der Waals surface area contributed by atoms with Crippen molar-refractivity contribution < 1.29 is 14.6 Å². The summed E-state index contributed by atoms with van der Waals surface area (Å²) in [5.41, 5.74) is 1.37. The van der Waals surface area contributed by atoms with E-state index in [4.69, 9.17) is 4.74 Å². The summed E-state index contributed by atoms with van der Waals surface area (Å²) in [5.74, 6) is -0.340. The van der Waals surface area contributed by atoms with Crippen molar-refractivity contribution >= 4 is 11.7 Å². The maximum atomic E-state index is 11.8. The lowest BCUT2D eigenvalue weighted by Gasteiger charge is -2.37. The Balaban J connectivity index is 2.27. The molecule has 0 aliphatic heterocycles. The van der Waals surface area contributed by atoms with Gasteiger partial charge in [0.25, 0.3) is 0 Å². The standard InChI is InChI=1S/C15H21NO3/c1-16(13-9-5-6-10-14(13)17)12-8-4-3-7-11(12)15(18)19-2/h3-4,7-8,13-14,17H,5-6,9-10H2,1-2H3. The SMILES string of the molecule is COC(=O)c1ccccc1N(C)C1CCCCC1O. The number of hydrogen-bond donors (Lipinski definition) is 1. The van der Waals surface area contributed by atoms with Gasteiger partial charge in [0, 0.05) is 7.05 Å². The number of benzene rings is 1. The first kappa shape index (κ1) is 13.9. The van der Waals surface area contributed by atoms with Crippen LogP contribution in [0.25, 0.3) is 0 Å². The smallest absolute Gasteiger partial charge is 0.339 e. The molecule has 0 bridgehead atoms. The van der Waals surface area contributed by atoms with E-state index in [1.54, 1.807) is 6.07 Å². The van der Waals surface area contributed by atoms with Crippen LogP contribution in [0.2, 0.25) is 0 Å². The van der Waals surface area contributed by atoms with Crippen molar-refractivity contribution in [3.8, 4) is 0 Å². The first-order chi connectivity index (χ1) is 9.15. The van der Waals surface area contributed by atoms with Gasteiger partial charge in [0.05, 0.1) is 30.5 Å². The van der Waals surface area contributed by atoms with Gasteiger partial charge in [-0.1, -0.05) is 25.0 Å². The molecule has 2 rings (SSSR count). The van der Waals surface area contributed by atoms with Gasteiger partial charge in [-0.2, -0.15) is 0 Å². The monoisotopic (exact) mass is 263 g/mol. The molecule has 4 nitrogen and oxygen atoms in total. The van der Waals surface area contributed by atoms with E-state index in [1.807, 2.05) is 30.1 Å². The average molecular weight is 263 g/mol. The quantitative estimate of drug-likeness (QED) is 0.849. The van der Waals surface area contributed by atoms with Gasteiger partial charge < -0.3 is 14.7 Å². The second kappa shape index (κ2) is 6.06. The molecule has 1 aromatic rings. The fourth-order valence-electron chi connectivity index (χ4n) is 2.79. The summed E-state index contributed by atoms with van der Waals surface area (Å²) in [6.07, 6.45) is 3.64. The van der Waals surface area contributed by atoms with E-state index in [1.165, 1.54) is 7.11 Å². The fraction of sp³-hybridized carbons (Fsp3) is 0.533. The van der Waals surface area contributed by atoms with Crippen molar-refractivity contribution in [3.63, 3.8) is 0 Å². The lowest BCUT2D eigenvalue weighted by Crippen LogP contribution is -2.44. The predicted octanol–water partition coefficient (Wildman–Crippen LogP) is 2.21. The molecule has 2 atom stereocenters. The Morgan fingerprint density at radius 3 is 2.68 bits per heavy atom. The molecule has 1 aliphatic rings. The third kappa shape index (κ3) is 2.89. The Kier molecular flexibility index (Phi) is 4.43. The number of para-hydroxylation sites is 1. The zero-order chi connectivity index (χ0) is 13.8. The highest BCUT2D eigenvalue weighted by atomic mass is 16.5. The summed E-state index contributed by atoms with van der Waals surface area (Å²) in [5, 5.41) is 10.1. The molecule has 1 fully saturated rings. The number of carbonyl (C=O) groups is 1. The summed E-state index contributed by atoms with van der Waals surface area (Å²) >= 11 is 0. The number of anilines is 1. The molecule has 0 aromatic heterocycles. The largest absolute Gasteiger partial charge is 0.465 e. The number of hydrogen-bond acceptors (Lipinski definition) is 4. The number of methoxy groups -OCH3 is 1. The van der Waals surface area contributed by atoms with Gasteiger partial charge in [-0.3, -0.25) is 0 Å². The minimum absolute atomic E-state index is 0.0690. The van der Waals surface area contributed by atoms with E-state index < -0.39 is 0 Å². The highest BCUT2D eigenvalue weighted by molar-refractivity contribution is 5.95. The van der Waals surface area contributed by atoms with Crippen LogP contribution in [0.5, 0.6) is 0 Å². The average Bonchev–Trinajstić information content (AvgIpc) is 2.46. The maximum absolute atomic E-state index is 11.8. The van der Waals surface area contributed by atoms with Crippen molar-refractivity contribution in [3.05, 3.63) is 29.8 Å². The van der Waals surface area contributed by atoms with Gasteiger partial charge in [0.1, 0.15) is 0 Å². The molecule has 1 aliphatic carbocycles. The Labute approximate surface area is 114 Å². The first-order valence-electron chi connectivity index (χ1n) is 6.73. The third-order valence-corrected chi connectivity index (χ3v) is 3.88. The van der Waals surface area contributed by atoms with Crippen LogP contribution in [0, 0.1) is 0 Å². The normalized spacial score (nSPS) is 22.9. The second-order valence-electron chi connectivity index (χ2n) is 5.04. The van der Waals surface area contributed by atoms with Crippen LogP contribution < -0.4 is 4.90 Å². The van der Waals surface area contributed by atoms with E-state index in [0.29, 0.717) is 5.56 Å². The third-order valence-electron chi connectivity index (χ3n) is 3.88. The molecule has 0 radical (unpaired) electrons. The molecular weight excluding hydrogens is 242 g/mol. The zero-order valence-corrected chi connectivity index (χ0v) is 11.5. The van der Waals surface area contributed by atoms with Crippen LogP contribution in [0.4, 0.5) is 5.69 Å². The van der Waals surface area contributed by atoms with Crippen molar-refractivity contribution in [2.45, 2.75) is 37.8 Å². The Morgan fingerprint density at radius 1 is 1.32 bits per heavy atom. The predicted molar refractivity (Wildman–Crippen MR) is 74.4 cm³/mol. The Morgan fingerprint density at radius 2 is 2.00 bits per heavy atom. The number of ether oxygens (including phenoxy) is 1. The van der Waals surface area contributed by atoms with E-state index in [2.05, 4.69) is 0 Å². The van der Waals surface area contributed by atoms with Crippen LogP contribution >= 0.6 is 0 Å². The van der Waals surface area contributed by atoms with Crippen molar-refractivity contribution in [2.24, 2.45) is 0 Å². The van der Waals surface area contributed by atoms with Crippen molar-refractivity contribution in [1.82, 2.24) is 0 Å². The lowest BCUT2D eigenvalue weighted by atomic mass is 9.91. The zero-order valence-electron chi connectivity index (χ0n) is 11.5. The lowest BCUT2D eigenvalue weighted by molar-refractivity contribution is 0.0600. The van der Waals surface area contributed by atoms with Crippen LogP contribution in [0.3, 0.4) is 0 Å². The molecule has 4 heteroatoms. The minimum atomic E-state index is -0.340. The van der Waals surface area contributed by atoms with Crippen molar-refractivity contribution in [1.29, 1.82) is 0 Å². The van der Waals surface area contributed by atoms with Gasteiger partial charge in [0.15, 0.2) is 0 Å². The fourth-order valence-corrected chi connectivity index (χ4v) is 2.79. The molecule has 1 N–H and O–H groups in total. The second-order valence-corrected chi connectivity index (χ2v) is 5.04. The van der Waals surface area contributed by atoms with E-state index in [9.17, 15) is 9.90 Å². The summed E-state index contributed by atoms with van der Waals surface area (Å²) in [4.78, 5) is 13.8. The van der Waals surface area contributed by atoms with E-state index in [0.717, 1.165) is 31.4 Å². The summed E-state index contributed by atoms with van der Waals surface area (Å²) in [7, 11) is 3.32. The number of likely N-dealkylation sites (N-methyl/N-ethyl adjacent to an activating group) is 1. The molecule has 2 unspecified atom stereocenters. The van der Waals surface area contributed by atoms with Gasteiger partial charge in [0.2, 0.25) is 0 Å². The summed E-state index contributed by atoms with van der Waals surface area (Å²) < 4.78 is 4.81. The molecule has 0 amide bonds. The number of aliphatic hydroxyl groups excluding tert-OH is 1. The van der Waals surface area contributed by atoms with Gasteiger partial charge in [-0.15, -0.1) is 0 Å². The Bertz CT molecular complexity index is 447. The van der Waals surface area contributed by atoms with E-state index in [-0.39, 0.29) is 18.1 Å². The van der Waals surface area contributed by atoms with Crippen LogP contribution in [-0.4, -0.2) is 37.4 Å². The van der Waals surface area contributed by atoms with Crippen LogP contribution in [-0.2, 0) is 4.74 Å². The molecule has 0 spiro atoms. The van der Waals surface area contributed by atoms with Gasteiger partial charge >= 0.3 is 5.97 Å². The number of rotatable bonds is 3. The summed E-state index contributed by atoms with van der Waals surface area (Å²) in [6.45, 7) is 0. The van der Waals surface area contributed by atoms with Gasteiger partial charge in [-0.25, -0.2) is 4.79 Å². The molecule has 0 saturated heterocycles. The number of aliphatic hydroxyl groups is 1. The molecular formula is C15H21NO3. The van der Waals surface area contributed by atoms with Gasteiger partial charge in [-0.05, 0) is 25.0 Å². The first-order valence-corrected chi connectivity index (χ1v) is 6.73. The highest BCUT2D eigenvalue weighted by Gasteiger charge is 2.28. The summed E-state index contributed by atoms with van der Waals surface area (Å²) in [6, 6.07) is 7.44. The van der Waals surface area contributed by atoms with E-state index >= 15 is 0 Å². The molecule has 0 heterocycles. The van der Waals surface area contributed by atoms with Crippen LogP contribution in [0.15, 0.2) is 24.3 Å².